The summed E-state index contributed by atoms with van der Waals surface area (Å²) in [5, 5.41) is 1.19. The Bertz CT molecular complexity index is 716. The number of nitrogens with zero attached hydrogens (tertiary/aromatic N) is 3. The molecule has 0 N–H and O–H groups in total. The molecule has 132 valence electrons. The lowest BCUT2D eigenvalue weighted by Crippen LogP contribution is -2.49. The van der Waals surface area contributed by atoms with Crippen LogP contribution in [0.3, 0.4) is 0 Å². The van der Waals surface area contributed by atoms with Gasteiger partial charge in [-0.1, -0.05) is 29.3 Å². The number of halogens is 2. The predicted molar refractivity (Wildman–Crippen MR) is 101 cm³/mol. The highest BCUT2D eigenvalue weighted by atomic mass is 35.5. The average molecular weight is 378 g/mol. The van der Waals surface area contributed by atoms with Gasteiger partial charge in [-0.2, -0.15) is 0 Å². The van der Waals surface area contributed by atoms with Gasteiger partial charge in [-0.15, -0.1) is 0 Å². The molecule has 0 aliphatic carbocycles. The van der Waals surface area contributed by atoms with E-state index in [2.05, 4.69) is 9.88 Å². The van der Waals surface area contributed by atoms with Gasteiger partial charge in [0.2, 0.25) is 5.91 Å². The zero-order valence-electron chi connectivity index (χ0n) is 14.0. The first-order valence-electron chi connectivity index (χ1n) is 8.45. The molecule has 6 heteroatoms. The maximum atomic E-state index is 12.4. The van der Waals surface area contributed by atoms with Gasteiger partial charge in [0.05, 0.1) is 16.5 Å². The monoisotopic (exact) mass is 377 g/mol. The van der Waals surface area contributed by atoms with Crippen LogP contribution in [0.4, 0.5) is 0 Å². The summed E-state index contributed by atoms with van der Waals surface area (Å²) in [6, 6.07) is 9.58. The molecule has 1 aromatic carbocycles. The van der Waals surface area contributed by atoms with Gasteiger partial charge in [-0.05, 0) is 41.8 Å². The summed E-state index contributed by atoms with van der Waals surface area (Å²) < 4.78 is 0. The lowest BCUT2D eigenvalue weighted by atomic mass is 10.1. The summed E-state index contributed by atoms with van der Waals surface area (Å²) in [6.45, 7) is 4.34. The summed E-state index contributed by atoms with van der Waals surface area (Å²) in [7, 11) is 0. The van der Waals surface area contributed by atoms with E-state index < -0.39 is 0 Å². The maximum Gasteiger partial charge on any atom is 0.227 e. The topological polar surface area (TPSA) is 36.4 Å². The summed E-state index contributed by atoms with van der Waals surface area (Å²) in [6.07, 6.45) is 4.83. The van der Waals surface area contributed by atoms with Crippen LogP contribution in [0.1, 0.15) is 11.1 Å². The zero-order chi connectivity index (χ0) is 17.6. The molecule has 1 aliphatic heterocycles. The molecule has 0 unspecified atom stereocenters. The highest BCUT2D eigenvalue weighted by Gasteiger charge is 2.20. The number of hydrogen-bond donors (Lipinski definition) is 0. The smallest absolute Gasteiger partial charge is 0.227 e. The van der Waals surface area contributed by atoms with Gasteiger partial charge < -0.3 is 4.90 Å². The van der Waals surface area contributed by atoms with Gasteiger partial charge in [0.25, 0.3) is 0 Å². The standard InChI is InChI=1S/C19H21Cl2N3O/c20-17-2-1-15(13-18(17)21)5-8-23-9-11-24(12-10-23)19(25)14-16-3-6-22-7-4-16/h1-4,6-7,13H,5,8-12,14H2. The predicted octanol–water partition coefficient (Wildman–Crippen LogP) is 3.32. The molecule has 0 saturated carbocycles. The summed E-state index contributed by atoms with van der Waals surface area (Å²) in [5.41, 5.74) is 2.20. The number of aromatic nitrogens is 1. The molecule has 2 heterocycles. The molecule has 1 saturated heterocycles. The molecular weight excluding hydrogens is 357 g/mol. The largest absolute Gasteiger partial charge is 0.340 e. The molecule has 1 aromatic heterocycles. The van der Waals surface area contributed by atoms with Crippen LogP contribution in [-0.2, 0) is 17.6 Å². The Balaban J connectivity index is 1.43. The van der Waals surface area contributed by atoms with E-state index in [1.54, 1.807) is 12.4 Å². The van der Waals surface area contributed by atoms with Crippen LogP contribution < -0.4 is 0 Å². The van der Waals surface area contributed by atoms with Gasteiger partial charge in [0.1, 0.15) is 0 Å². The molecule has 4 nitrogen and oxygen atoms in total. The van der Waals surface area contributed by atoms with E-state index in [9.17, 15) is 4.79 Å². The Morgan fingerprint density at radius 3 is 2.36 bits per heavy atom. The van der Waals surface area contributed by atoms with Crippen molar-refractivity contribution >= 4 is 29.1 Å². The zero-order valence-corrected chi connectivity index (χ0v) is 15.5. The van der Waals surface area contributed by atoms with Crippen molar-refractivity contribution in [3.05, 3.63) is 63.9 Å². The van der Waals surface area contributed by atoms with E-state index in [1.807, 2.05) is 35.2 Å². The third-order valence-electron chi connectivity index (χ3n) is 4.53. The number of carbonyl (C=O) groups is 1. The first-order valence-corrected chi connectivity index (χ1v) is 9.20. The summed E-state index contributed by atoms with van der Waals surface area (Å²) in [4.78, 5) is 20.7. The highest BCUT2D eigenvalue weighted by Crippen LogP contribution is 2.23. The van der Waals surface area contributed by atoms with E-state index in [4.69, 9.17) is 23.2 Å². The fourth-order valence-corrected chi connectivity index (χ4v) is 3.31. The number of pyridine rings is 1. The van der Waals surface area contributed by atoms with Gasteiger partial charge in [0, 0.05) is 45.1 Å². The SMILES string of the molecule is O=C(Cc1ccncc1)N1CCN(CCc2ccc(Cl)c(Cl)c2)CC1. The third-order valence-corrected chi connectivity index (χ3v) is 5.27. The molecule has 3 rings (SSSR count). The van der Waals surface area contributed by atoms with Crippen LogP contribution in [-0.4, -0.2) is 53.4 Å². The molecule has 0 radical (unpaired) electrons. The van der Waals surface area contributed by atoms with Gasteiger partial charge in [-0.3, -0.25) is 14.7 Å². The fraction of sp³-hybridized carbons (Fsp3) is 0.368. The van der Waals surface area contributed by atoms with Crippen molar-refractivity contribution in [2.45, 2.75) is 12.8 Å². The van der Waals surface area contributed by atoms with Gasteiger partial charge in [0.15, 0.2) is 0 Å². The van der Waals surface area contributed by atoms with Crippen molar-refractivity contribution in [3.8, 4) is 0 Å². The van der Waals surface area contributed by atoms with Crippen LogP contribution in [0, 0.1) is 0 Å². The molecular formula is C19H21Cl2N3O. The molecule has 0 atom stereocenters. The van der Waals surface area contributed by atoms with Crippen LogP contribution in [0.2, 0.25) is 10.0 Å². The van der Waals surface area contributed by atoms with E-state index in [1.165, 1.54) is 5.56 Å². The van der Waals surface area contributed by atoms with Crippen molar-refractivity contribution in [2.24, 2.45) is 0 Å². The lowest BCUT2D eigenvalue weighted by molar-refractivity contribution is -0.132. The normalized spacial score (nSPS) is 15.4. The van der Waals surface area contributed by atoms with E-state index in [0.717, 1.165) is 44.7 Å². The summed E-state index contributed by atoms with van der Waals surface area (Å²) >= 11 is 12.0. The highest BCUT2D eigenvalue weighted by molar-refractivity contribution is 6.42. The van der Waals surface area contributed by atoms with Crippen molar-refractivity contribution in [2.75, 3.05) is 32.7 Å². The van der Waals surface area contributed by atoms with Crippen molar-refractivity contribution in [1.82, 2.24) is 14.8 Å². The Morgan fingerprint density at radius 1 is 0.960 bits per heavy atom. The minimum Gasteiger partial charge on any atom is -0.340 e. The minimum atomic E-state index is 0.190. The number of carbonyl (C=O) groups excluding carboxylic acids is 1. The molecule has 2 aromatic rings. The Morgan fingerprint density at radius 2 is 1.68 bits per heavy atom. The first-order chi connectivity index (χ1) is 12.1. The second kappa shape index (κ2) is 8.65. The van der Waals surface area contributed by atoms with Gasteiger partial charge >= 0.3 is 0 Å². The molecule has 0 spiro atoms. The quantitative estimate of drug-likeness (QED) is 0.801. The number of benzene rings is 1. The van der Waals surface area contributed by atoms with Crippen molar-refractivity contribution < 1.29 is 4.79 Å². The molecule has 1 aliphatic rings. The maximum absolute atomic E-state index is 12.4. The number of piperazine rings is 1. The molecule has 1 amide bonds. The fourth-order valence-electron chi connectivity index (χ4n) is 2.99. The van der Waals surface area contributed by atoms with Crippen LogP contribution in [0.25, 0.3) is 0 Å². The molecule has 1 fully saturated rings. The van der Waals surface area contributed by atoms with Crippen molar-refractivity contribution in [1.29, 1.82) is 0 Å². The van der Waals surface area contributed by atoms with Crippen LogP contribution in [0.5, 0.6) is 0 Å². The minimum absolute atomic E-state index is 0.190. The lowest BCUT2D eigenvalue weighted by Gasteiger charge is -2.34. The average Bonchev–Trinajstić information content (AvgIpc) is 2.64. The van der Waals surface area contributed by atoms with E-state index >= 15 is 0 Å². The second-order valence-electron chi connectivity index (χ2n) is 6.25. The van der Waals surface area contributed by atoms with Gasteiger partial charge in [-0.25, -0.2) is 0 Å². The first kappa shape index (κ1) is 18.2. The van der Waals surface area contributed by atoms with Crippen molar-refractivity contribution in [3.63, 3.8) is 0 Å². The van der Waals surface area contributed by atoms with Crippen LogP contribution in [0.15, 0.2) is 42.7 Å². The Hall–Kier alpha value is -1.62. The number of hydrogen-bond acceptors (Lipinski definition) is 3. The Kier molecular flexibility index (Phi) is 6.29. The Labute approximate surface area is 158 Å². The number of rotatable bonds is 5. The second-order valence-corrected chi connectivity index (χ2v) is 7.07. The molecule has 25 heavy (non-hydrogen) atoms. The van der Waals surface area contributed by atoms with Crippen LogP contribution >= 0.6 is 23.2 Å². The number of amides is 1. The third kappa shape index (κ3) is 5.18. The molecule has 0 bridgehead atoms. The summed E-state index contributed by atoms with van der Waals surface area (Å²) in [5.74, 6) is 0.190. The van der Waals surface area contributed by atoms with E-state index in [-0.39, 0.29) is 5.91 Å². The van der Waals surface area contributed by atoms with E-state index in [0.29, 0.717) is 16.5 Å².